The molecule has 5 N–H and O–H groups in total. The van der Waals surface area contributed by atoms with Crippen molar-refractivity contribution in [1.82, 2.24) is 9.88 Å². The van der Waals surface area contributed by atoms with Crippen LogP contribution in [-0.4, -0.2) is 40.3 Å². The highest BCUT2D eigenvalue weighted by Crippen LogP contribution is 2.27. The molecule has 7 nitrogen and oxygen atoms in total. The standard InChI is InChI=1S/C14H20N4O3/c1-8-2-5-11(13(20)17-8)14(21)18-9(6-12(16)19)3-4-10(18)7-15/h2,5,9-10H,3-4,6-7,15H2,1H3,(H2,16,19)(H,17,20)/t9-,10+/m1/s1. The van der Waals surface area contributed by atoms with Crippen LogP contribution in [0.3, 0.4) is 0 Å². The molecule has 0 unspecified atom stereocenters. The van der Waals surface area contributed by atoms with Crippen LogP contribution in [0.4, 0.5) is 0 Å². The number of primary amides is 1. The van der Waals surface area contributed by atoms with E-state index in [0.717, 1.165) is 0 Å². The molecule has 1 aliphatic heterocycles. The fourth-order valence-electron chi connectivity index (χ4n) is 2.84. The van der Waals surface area contributed by atoms with Crippen LogP contribution in [0, 0.1) is 6.92 Å². The molecule has 1 aromatic rings. The summed E-state index contributed by atoms with van der Waals surface area (Å²) in [6, 6.07) is 2.72. The van der Waals surface area contributed by atoms with Crippen molar-refractivity contribution in [2.24, 2.45) is 11.5 Å². The quantitative estimate of drug-likeness (QED) is 0.691. The van der Waals surface area contributed by atoms with Crippen LogP contribution < -0.4 is 17.0 Å². The number of amides is 2. The minimum absolute atomic E-state index is 0.0652. The molecule has 0 radical (unpaired) electrons. The highest BCUT2D eigenvalue weighted by molar-refractivity contribution is 5.94. The zero-order valence-electron chi connectivity index (χ0n) is 12.0. The molecule has 0 saturated carbocycles. The number of hydrogen-bond acceptors (Lipinski definition) is 4. The number of aromatic nitrogens is 1. The number of nitrogens with one attached hydrogen (secondary N) is 1. The van der Waals surface area contributed by atoms with Crippen molar-refractivity contribution in [3.8, 4) is 0 Å². The highest BCUT2D eigenvalue weighted by Gasteiger charge is 2.37. The van der Waals surface area contributed by atoms with Crippen LogP contribution in [-0.2, 0) is 4.79 Å². The molecule has 0 aliphatic carbocycles. The van der Waals surface area contributed by atoms with E-state index in [9.17, 15) is 14.4 Å². The lowest BCUT2D eigenvalue weighted by atomic mass is 10.1. The lowest BCUT2D eigenvalue weighted by molar-refractivity contribution is -0.118. The van der Waals surface area contributed by atoms with E-state index in [1.807, 2.05) is 0 Å². The molecule has 1 saturated heterocycles. The van der Waals surface area contributed by atoms with Crippen LogP contribution in [0.15, 0.2) is 16.9 Å². The van der Waals surface area contributed by atoms with Gasteiger partial charge >= 0.3 is 0 Å². The Bertz CT molecular complexity index is 610. The van der Waals surface area contributed by atoms with Crippen molar-refractivity contribution in [2.45, 2.75) is 38.3 Å². The molecule has 1 fully saturated rings. The van der Waals surface area contributed by atoms with Crippen LogP contribution in [0.25, 0.3) is 0 Å². The third-order valence-electron chi connectivity index (χ3n) is 3.85. The lowest BCUT2D eigenvalue weighted by Gasteiger charge is -2.29. The number of H-pyrrole nitrogens is 1. The average Bonchev–Trinajstić information content (AvgIpc) is 2.80. The Morgan fingerprint density at radius 2 is 2.00 bits per heavy atom. The summed E-state index contributed by atoms with van der Waals surface area (Å²) in [6.45, 7) is 2.04. The molecule has 7 heteroatoms. The molecule has 0 bridgehead atoms. The van der Waals surface area contributed by atoms with Gasteiger partial charge in [0.2, 0.25) is 5.91 Å². The van der Waals surface area contributed by atoms with E-state index in [4.69, 9.17) is 11.5 Å². The molecule has 2 amide bonds. The van der Waals surface area contributed by atoms with Gasteiger partial charge in [-0.05, 0) is 31.9 Å². The Labute approximate surface area is 122 Å². The largest absolute Gasteiger partial charge is 0.370 e. The van der Waals surface area contributed by atoms with Crippen molar-refractivity contribution in [3.63, 3.8) is 0 Å². The number of nitrogens with zero attached hydrogens (tertiary/aromatic N) is 1. The van der Waals surface area contributed by atoms with E-state index in [2.05, 4.69) is 4.98 Å². The van der Waals surface area contributed by atoms with Crippen molar-refractivity contribution >= 4 is 11.8 Å². The Morgan fingerprint density at radius 1 is 1.33 bits per heavy atom. The first kappa shape index (κ1) is 15.2. The first-order valence-corrected chi connectivity index (χ1v) is 6.95. The van der Waals surface area contributed by atoms with Crippen molar-refractivity contribution in [3.05, 3.63) is 33.7 Å². The first-order chi connectivity index (χ1) is 9.93. The van der Waals surface area contributed by atoms with Gasteiger partial charge in [-0.2, -0.15) is 0 Å². The minimum Gasteiger partial charge on any atom is -0.370 e. The minimum atomic E-state index is -0.465. The third-order valence-corrected chi connectivity index (χ3v) is 3.85. The number of nitrogens with two attached hydrogens (primary N) is 2. The lowest BCUT2D eigenvalue weighted by Crippen LogP contribution is -2.47. The Morgan fingerprint density at radius 3 is 2.57 bits per heavy atom. The van der Waals surface area contributed by atoms with E-state index in [-0.39, 0.29) is 24.1 Å². The zero-order chi connectivity index (χ0) is 15.6. The highest BCUT2D eigenvalue weighted by atomic mass is 16.2. The summed E-state index contributed by atoms with van der Waals surface area (Å²) in [7, 11) is 0. The number of likely N-dealkylation sites (tertiary alicyclic amines) is 1. The predicted octanol–water partition coefficient (Wildman–Crippen LogP) is -0.509. The maximum absolute atomic E-state index is 12.6. The molecule has 1 aliphatic rings. The van der Waals surface area contributed by atoms with Gasteiger partial charge in [0.05, 0.1) is 0 Å². The van der Waals surface area contributed by atoms with Gasteiger partial charge in [-0.25, -0.2) is 0 Å². The number of hydrogen-bond donors (Lipinski definition) is 3. The van der Waals surface area contributed by atoms with Gasteiger partial charge in [-0.15, -0.1) is 0 Å². The fourth-order valence-corrected chi connectivity index (χ4v) is 2.84. The van der Waals surface area contributed by atoms with E-state index in [0.29, 0.717) is 25.1 Å². The molecule has 21 heavy (non-hydrogen) atoms. The number of rotatable bonds is 4. The molecular weight excluding hydrogens is 272 g/mol. The number of aromatic amines is 1. The van der Waals surface area contributed by atoms with Gasteiger partial charge in [0.1, 0.15) is 5.56 Å². The normalized spacial score (nSPS) is 21.5. The number of carbonyl (C=O) groups is 2. The summed E-state index contributed by atoms with van der Waals surface area (Å²) in [6.07, 6.45) is 1.47. The Balaban J connectivity index is 2.32. The maximum Gasteiger partial charge on any atom is 0.260 e. The van der Waals surface area contributed by atoms with Gasteiger partial charge in [0, 0.05) is 30.7 Å². The predicted molar refractivity (Wildman–Crippen MR) is 77.6 cm³/mol. The Kier molecular flexibility index (Phi) is 4.42. The van der Waals surface area contributed by atoms with E-state index >= 15 is 0 Å². The monoisotopic (exact) mass is 292 g/mol. The smallest absolute Gasteiger partial charge is 0.260 e. The number of pyridine rings is 1. The van der Waals surface area contributed by atoms with Gasteiger partial charge in [-0.3, -0.25) is 14.4 Å². The van der Waals surface area contributed by atoms with Gasteiger partial charge in [0.25, 0.3) is 11.5 Å². The van der Waals surface area contributed by atoms with Crippen LogP contribution in [0.1, 0.15) is 35.3 Å². The Hall–Kier alpha value is -2.15. The maximum atomic E-state index is 12.6. The van der Waals surface area contributed by atoms with E-state index < -0.39 is 17.4 Å². The van der Waals surface area contributed by atoms with Gasteiger partial charge in [-0.1, -0.05) is 0 Å². The van der Waals surface area contributed by atoms with Crippen LogP contribution in [0.2, 0.25) is 0 Å². The molecule has 2 heterocycles. The molecule has 2 atom stereocenters. The molecular formula is C14H20N4O3. The second-order valence-electron chi connectivity index (χ2n) is 5.39. The van der Waals surface area contributed by atoms with E-state index in [1.54, 1.807) is 17.9 Å². The van der Waals surface area contributed by atoms with Gasteiger partial charge < -0.3 is 21.4 Å². The molecule has 0 aromatic carbocycles. The summed E-state index contributed by atoms with van der Waals surface area (Å²) in [4.78, 5) is 39.9. The summed E-state index contributed by atoms with van der Waals surface area (Å²) >= 11 is 0. The zero-order valence-corrected chi connectivity index (χ0v) is 12.0. The number of carbonyl (C=O) groups excluding carboxylic acids is 2. The second kappa shape index (κ2) is 6.09. The molecule has 1 aromatic heterocycles. The topological polar surface area (TPSA) is 122 Å². The number of aryl methyl sites for hydroxylation is 1. The van der Waals surface area contributed by atoms with Crippen LogP contribution in [0.5, 0.6) is 0 Å². The SMILES string of the molecule is Cc1ccc(C(=O)N2[C@H](CN)CC[C@@H]2CC(N)=O)c(=O)[nH]1. The average molecular weight is 292 g/mol. The first-order valence-electron chi connectivity index (χ1n) is 6.95. The van der Waals surface area contributed by atoms with Crippen LogP contribution >= 0.6 is 0 Å². The van der Waals surface area contributed by atoms with Gasteiger partial charge in [0.15, 0.2) is 0 Å². The second-order valence-corrected chi connectivity index (χ2v) is 5.39. The molecule has 114 valence electrons. The molecule has 2 rings (SSSR count). The summed E-state index contributed by atoms with van der Waals surface area (Å²) in [5.41, 5.74) is 11.3. The van der Waals surface area contributed by atoms with E-state index in [1.165, 1.54) is 6.07 Å². The summed E-state index contributed by atoms with van der Waals surface area (Å²) in [5, 5.41) is 0. The van der Waals surface area contributed by atoms with Crippen molar-refractivity contribution < 1.29 is 9.59 Å². The summed E-state index contributed by atoms with van der Waals surface area (Å²) < 4.78 is 0. The van der Waals surface area contributed by atoms with Crippen molar-refractivity contribution in [1.29, 1.82) is 0 Å². The van der Waals surface area contributed by atoms with Crippen molar-refractivity contribution in [2.75, 3.05) is 6.54 Å². The molecule has 0 spiro atoms. The fraction of sp³-hybridized carbons (Fsp3) is 0.500. The third kappa shape index (κ3) is 3.13. The summed E-state index contributed by atoms with van der Waals surface area (Å²) in [5.74, 6) is -0.858.